The van der Waals surface area contributed by atoms with Crippen molar-refractivity contribution in [1.82, 2.24) is 14.5 Å². The van der Waals surface area contributed by atoms with E-state index in [-0.39, 0.29) is 21.5 Å². The van der Waals surface area contributed by atoms with Crippen LogP contribution in [0.5, 0.6) is 0 Å². The quantitative estimate of drug-likeness (QED) is 0.318. The highest BCUT2D eigenvalue weighted by atomic mass is 35.5. The smallest absolute Gasteiger partial charge is 0.341 e. The zero-order valence-corrected chi connectivity index (χ0v) is 21.3. The van der Waals surface area contributed by atoms with Crippen LogP contribution in [-0.4, -0.2) is 39.2 Å². The number of hydrogen-bond donors (Lipinski definition) is 0. The molecule has 3 aromatic rings. The van der Waals surface area contributed by atoms with Crippen LogP contribution in [0, 0.1) is 11.8 Å². The van der Waals surface area contributed by atoms with Crippen LogP contribution in [0.15, 0.2) is 46.7 Å². The molecule has 0 atom stereocenters. The van der Waals surface area contributed by atoms with Crippen molar-refractivity contribution in [3.05, 3.63) is 84.1 Å². The normalized spacial score (nSPS) is 14.2. The van der Waals surface area contributed by atoms with Crippen molar-refractivity contribution in [2.75, 3.05) is 13.1 Å². The number of aromatic nitrogens is 2. The SMILES string of the molecule is O=C(C#Cc1csc(C2CCN(C(=O)Cn3cccc(C(F)(F)F)c3=O)CC2)n1)c1c(Cl)cccc1Cl. The second-order valence-electron chi connectivity index (χ2n) is 8.25. The number of rotatable bonds is 4. The first-order valence-corrected chi connectivity index (χ1v) is 12.7. The molecule has 0 saturated carbocycles. The van der Waals surface area contributed by atoms with Gasteiger partial charge in [0.15, 0.2) is 0 Å². The van der Waals surface area contributed by atoms with Gasteiger partial charge in [0, 0.05) is 30.6 Å². The average Bonchev–Trinajstić information content (AvgIpc) is 3.32. The lowest BCUT2D eigenvalue weighted by atomic mass is 9.97. The molecule has 3 heterocycles. The number of carbonyl (C=O) groups excluding carboxylic acids is 2. The van der Waals surface area contributed by atoms with Crippen LogP contribution in [0.2, 0.25) is 10.0 Å². The summed E-state index contributed by atoms with van der Waals surface area (Å²) >= 11 is 13.5. The molecule has 1 saturated heterocycles. The Hall–Kier alpha value is -3.13. The molecule has 1 aromatic carbocycles. The number of pyridine rings is 1. The van der Waals surface area contributed by atoms with Crippen molar-refractivity contribution in [2.24, 2.45) is 0 Å². The molecule has 0 unspecified atom stereocenters. The lowest BCUT2D eigenvalue weighted by Gasteiger charge is -2.31. The molecule has 192 valence electrons. The molecule has 0 N–H and O–H groups in total. The average molecular weight is 568 g/mol. The molecule has 1 fully saturated rings. The lowest BCUT2D eigenvalue weighted by molar-refractivity contribution is -0.139. The Kier molecular flexibility index (Phi) is 8.07. The molecular weight excluding hydrogens is 550 g/mol. The highest BCUT2D eigenvalue weighted by Crippen LogP contribution is 2.31. The van der Waals surface area contributed by atoms with E-state index < -0.39 is 35.5 Å². The van der Waals surface area contributed by atoms with Crippen LogP contribution in [0.1, 0.15) is 45.4 Å². The summed E-state index contributed by atoms with van der Waals surface area (Å²) < 4.78 is 39.7. The number of hydrogen-bond acceptors (Lipinski definition) is 5. The number of benzene rings is 1. The van der Waals surface area contributed by atoms with Crippen molar-refractivity contribution in [3.63, 3.8) is 0 Å². The zero-order chi connectivity index (χ0) is 26.7. The van der Waals surface area contributed by atoms with Crippen LogP contribution in [0.3, 0.4) is 0 Å². The van der Waals surface area contributed by atoms with Crippen molar-refractivity contribution >= 4 is 46.2 Å². The Labute approximate surface area is 223 Å². The van der Waals surface area contributed by atoms with Crippen LogP contribution in [0.25, 0.3) is 0 Å². The van der Waals surface area contributed by atoms with E-state index in [4.69, 9.17) is 23.2 Å². The minimum absolute atomic E-state index is 0.0644. The molecule has 1 aliphatic heterocycles. The molecule has 0 aliphatic carbocycles. The Morgan fingerprint density at radius 1 is 1.11 bits per heavy atom. The molecule has 0 spiro atoms. The number of alkyl halides is 3. The van der Waals surface area contributed by atoms with Gasteiger partial charge in [-0.15, -0.1) is 11.3 Å². The molecule has 6 nitrogen and oxygen atoms in total. The van der Waals surface area contributed by atoms with E-state index in [0.29, 0.717) is 37.7 Å². The highest BCUT2D eigenvalue weighted by molar-refractivity contribution is 7.09. The molecule has 2 aromatic heterocycles. The summed E-state index contributed by atoms with van der Waals surface area (Å²) in [5.74, 6) is 4.37. The molecule has 1 amide bonds. The molecular formula is C25H18Cl2F3N3O3S. The monoisotopic (exact) mass is 567 g/mol. The number of thiazole rings is 1. The number of carbonyl (C=O) groups is 2. The molecule has 1 aliphatic rings. The van der Waals surface area contributed by atoms with E-state index in [1.54, 1.807) is 23.6 Å². The zero-order valence-electron chi connectivity index (χ0n) is 19.0. The minimum Gasteiger partial charge on any atom is -0.341 e. The minimum atomic E-state index is -4.78. The molecule has 37 heavy (non-hydrogen) atoms. The highest BCUT2D eigenvalue weighted by Gasteiger charge is 2.34. The second-order valence-corrected chi connectivity index (χ2v) is 9.96. The van der Waals surface area contributed by atoms with Gasteiger partial charge >= 0.3 is 6.18 Å². The maximum absolute atomic E-state index is 13.0. The van der Waals surface area contributed by atoms with Gasteiger partial charge in [-0.05, 0) is 48.9 Å². The van der Waals surface area contributed by atoms with Crippen LogP contribution < -0.4 is 5.56 Å². The number of nitrogens with zero attached hydrogens (tertiary/aromatic N) is 3. The fraction of sp³-hybridized carbons (Fsp3) is 0.280. The summed E-state index contributed by atoms with van der Waals surface area (Å²) in [7, 11) is 0. The number of amides is 1. The Morgan fingerprint density at radius 2 is 1.78 bits per heavy atom. The summed E-state index contributed by atoms with van der Waals surface area (Å²) in [5, 5.41) is 2.98. The topological polar surface area (TPSA) is 72.3 Å². The number of piperidine rings is 1. The number of likely N-dealkylation sites (tertiary alicyclic amines) is 1. The molecule has 0 radical (unpaired) electrons. The maximum Gasteiger partial charge on any atom is 0.421 e. The Morgan fingerprint density at radius 3 is 2.43 bits per heavy atom. The first kappa shape index (κ1) is 26.9. The summed E-state index contributed by atoms with van der Waals surface area (Å²) in [6.45, 7) is 0.288. The standard InChI is InChI=1S/C25H18Cl2F3N3O3S/c26-18-4-1-5-19(27)22(18)20(34)7-6-16-14-37-23(31-16)15-8-11-32(12-9-15)21(35)13-33-10-2-3-17(24(33)36)25(28,29)30/h1-5,10,14-15H,8-9,11-13H2. The summed E-state index contributed by atoms with van der Waals surface area (Å²) in [4.78, 5) is 43.2. The number of ketones is 1. The van der Waals surface area contributed by atoms with E-state index in [1.807, 2.05) is 0 Å². The maximum atomic E-state index is 13.0. The third-order valence-electron chi connectivity index (χ3n) is 5.84. The van der Waals surface area contributed by atoms with Gasteiger partial charge in [0.05, 0.1) is 20.6 Å². The van der Waals surface area contributed by atoms with E-state index in [2.05, 4.69) is 16.8 Å². The summed E-state index contributed by atoms with van der Waals surface area (Å²) in [6.07, 6.45) is -2.42. The molecule has 12 heteroatoms. The van der Waals surface area contributed by atoms with Gasteiger partial charge in [-0.3, -0.25) is 14.4 Å². The first-order valence-electron chi connectivity index (χ1n) is 11.0. The first-order chi connectivity index (χ1) is 17.5. The summed E-state index contributed by atoms with van der Waals surface area (Å²) in [6, 6.07) is 6.54. The second kappa shape index (κ2) is 11.1. The lowest BCUT2D eigenvalue weighted by Crippen LogP contribution is -2.41. The third-order valence-corrected chi connectivity index (χ3v) is 7.48. The van der Waals surface area contributed by atoms with Gasteiger partial charge in [0.25, 0.3) is 5.56 Å². The largest absolute Gasteiger partial charge is 0.421 e. The van der Waals surface area contributed by atoms with Gasteiger partial charge in [-0.1, -0.05) is 29.3 Å². The van der Waals surface area contributed by atoms with Crippen molar-refractivity contribution in [1.29, 1.82) is 0 Å². The Bertz CT molecular complexity index is 1450. The van der Waals surface area contributed by atoms with Gasteiger partial charge in [0.1, 0.15) is 17.8 Å². The van der Waals surface area contributed by atoms with Gasteiger partial charge < -0.3 is 9.47 Å². The Balaban J connectivity index is 1.36. The van der Waals surface area contributed by atoms with E-state index in [1.165, 1.54) is 22.4 Å². The van der Waals surface area contributed by atoms with Gasteiger partial charge in [-0.25, -0.2) is 4.98 Å². The predicted octanol–water partition coefficient (Wildman–Crippen LogP) is 5.27. The van der Waals surface area contributed by atoms with Crippen molar-refractivity contribution in [3.8, 4) is 11.8 Å². The fourth-order valence-electron chi connectivity index (χ4n) is 3.93. The number of Topliss-reactive ketones (excluding diaryl/α,β-unsaturated/α-hetero) is 1. The molecule has 4 rings (SSSR count). The van der Waals surface area contributed by atoms with Gasteiger partial charge in [0.2, 0.25) is 11.7 Å². The van der Waals surface area contributed by atoms with E-state index in [0.717, 1.165) is 15.6 Å². The van der Waals surface area contributed by atoms with Crippen LogP contribution in [-0.2, 0) is 17.5 Å². The summed E-state index contributed by atoms with van der Waals surface area (Å²) in [5.41, 5.74) is -1.98. The van der Waals surface area contributed by atoms with Crippen molar-refractivity contribution < 1.29 is 22.8 Å². The third kappa shape index (κ3) is 6.24. The number of halogens is 5. The van der Waals surface area contributed by atoms with E-state index in [9.17, 15) is 27.6 Å². The van der Waals surface area contributed by atoms with E-state index >= 15 is 0 Å². The van der Waals surface area contributed by atoms with Gasteiger partial charge in [-0.2, -0.15) is 13.2 Å². The van der Waals surface area contributed by atoms with Crippen molar-refractivity contribution in [2.45, 2.75) is 31.5 Å². The fourth-order valence-corrected chi connectivity index (χ4v) is 5.42. The predicted molar refractivity (Wildman–Crippen MR) is 134 cm³/mol. The molecule has 0 bridgehead atoms. The van der Waals surface area contributed by atoms with Crippen LogP contribution >= 0.6 is 34.5 Å². The van der Waals surface area contributed by atoms with Crippen LogP contribution in [0.4, 0.5) is 13.2 Å².